The van der Waals surface area contributed by atoms with Gasteiger partial charge in [0.15, 0.2) is 0 Å². The zero-order valence-electron chi connectivity index (χ0n) is 8.18. The van der Waals surface area contributed by atoms with E-state index in [1.807, 2.05) is 6.92 Å². The monoisotopic (exact) mass is 182 g/mol. The van der Waals surface area contributed by atoms with E-state index in [4.69, 9.17) is 0 Å². The van der Waals surface area contributed by atoms with Crippen LogP contribution in [0, 0.1) is 0 Å². The largest absolute Gasteiger partial charge is 0.356 e. The van der Waals surface area contributed by atoms with Crippen molar-refractivity contribution in [3.63, 3.8) is 0 Å². The van der Waals surface area contributed by atoms with E-state index < -0.39 is 0 Å². The van der Waals surface area contributed by atoms with E-state index in [-0.39, 0.29) is 5.91 Å². The van der Waals surface area contributed by atoms with Crippen molar-refractivity contribution in [3.05, 3.63) is 12.2 Å². The molecule has 0 aromatic rings. The second-order valence-corrected chi connectivity index (χ2v) is 3.30. The molecule has 0 fully saturated rings. The molecule has 0 saturated heterocycles. The summed E-state index contributed by atoms with van der Waals surface area (Å²) in [4.78, 5) is 11.1. The van der Waals surface area contributed by atoms with Gasteiger partial charge in [-0.05, 0) is 19.8 Å². The number of carbonyl (C=O) groups is 1. The molecule has 74 valence electrons. The quantitative estimate of drug-likeness (QED) is 0.618. The van der Waals surface area contributed by atoms with Crippen LogP contribution in [0.1, 0.15) is 26.2 Å². The SMILES string of the molecule is CCNC(=O)CCNC1CC=CC1. The summed E-state index contributed by atoms with van der Waals surface area (Å²) in [6, 6.07) is 0.564. The van der Waals surface area contributed by atoms with Crippen LogP contribution in [0.3, 0.4) is 0 Å². The average Bonchev–Trinajstić information content (AvgIpc) is 2.57. The molecule has 0 aliphatic heterocycles. The van der Waals surface area contributed by atoms with Crippen LogP contribution in [-0.4, -0.2) is 25.0 Å². The summed E-state index contributed by atoms with van der Waals surface area (Å²) in [5.41, 5.74) is 0. The number of hydrogen-bond acceptors (Lipinski definition) is 2. The summed E-state index contributed by atoms with van der Waals surface area (Å²) in [7, 11) is 0. The standard InChI is InChI=1S/C10H18N2O/c1-2-11-10(13)7-8-12-9-5-3-4-6-9/h3-4,9,12H,2,5-8H2,1H3,(H,11,13). The molecule has 0 unspecified atom stereocenters. The molecule has 13 heavy (non-hydrogen) atoms. The Labute approximate surface area is 79.6 Å². The molecular formula is C10H18N2O. The minimum absolute atomic E-state index is 0.140. The van der Waals surface area contributed by atoms with Crippen molar-refractivity contribution in [2.24, 2.45) is 0 Å². The fraction of sp³-hybridized carbons (Fsp3) is 0.700. The van der Waals surface area contributed by atoms with Gasteiger partial charge in [-0.2, -0.15) is 0 Å². The van der Waals surface area contributed by atoms with E-state index in [0.29, 0.717) is 12.5 Å². The minimum atomic E-state index is 0.140. The van der Waals surface area contributed by atoms with E-state index in [1.165, 1.54) is 0 Å². The predicted octanol–water partition coefficient (Wildman–Crippen LogP) is 0.821. The molecule has 1 aliphatic rings. The Bertz CT molecular complexity index is 181. The molecule has 3 nitrogen and oxygen atoms in total. The van der Waals surface area contributed by atoms with E-state index in [2.05, 4.69) is 22.8 Å². The van der Waals surface area contributed by atoms with E-state index in [1.54, 1.807) is 0 Å². The van der Waals surface area contributed by atoms with Gasteiger partial charge in [0.25, 0.3) is 0 Å². The highest BCUT2D eigenvalue weighted by atomic mass is 16.1. The molecular weight excluding hydrogens is 164 g/mol. The highest BCUT2D eigenvalue weighted by Gasteiger charge is 2.08. The molecule has 0 radical (unpaired) electrons. The van der Waals surface area contributed by atoms with Crippen molar-refractivity contribution < 1.29 is 4.79 Å². The van der Waals surface area contributed by atoms with Crippen LogP contribution in [0.2, 0.25) is 0 Å². The lowest BCUT2D eigenvalue weighted by Crippen LogP contribution is -2.32. The molecule has 0 atom stereocenters. The van der Waals surface area contributed by atoms with Gasteiger partial charge >= 0.3 is 0 Å². The van der Waals surface area contributed by atoms with Gasteiger partial charge in [0.1, 0.15) is 0 Å². The Morgan fingerprint density at radius 1 is 1.46 bits per heavy atom. The average molecular weight is 182 g/mol. The Balaban J connectivity index is 1.97. The first-order valence-electron chi connectivity index (χ1n) is 4.98. The maximum atomic E-state index is 11.1. The molecule has 0 spiro atoms. The van der Waals surface area contributed by atoms with E-state index in [9.17, 15) is 4.79 Å². The van der Waals surface area contributed by atoms with Crippen LogP contribution >= 0.6 is 0 Å². The van der Waals surface area contributed by atoms with Crippen LogP contribution in [0.4, 0.5) is 0 Å². The van der Waals surface area contributed by atoms with Gasteiger partial charge in [0.2, 0.25) is 5.91 Å². The third-order valence-electron chi connectivity index (χ3n) is 2.17. The summed E-state index contributed by atoms with van der Waals surface area (Å²) in [5, 5.41) is 6.12. The number of amides is 1. The maximum Gasteiger partial charge on any atom is 0.221 e. The van der Waals surface area contributed by atoms with Gasteiger partial charge in [-0.1, -0.05) is 12.2 Å². The fourth-order valence-electron chi connectivity index (χ4n) is 1.46. The topological polar surface area (TPSA) is 41.1 Å². The van der Waals surface area contributed by atoms with Crippen molar-refractivity contribution in [1.29, 1.82) is 0 Å². The predicted molar refractivity (Wildman–Crippen MR) is 53.5 cm³/mol. The fourth-order valence-corrected chi connectivity index (χ4v) is 1.46. The molecule has 1 amide bonds. The van der Waals surface area contributed by atoms with Crippen molar-refractivity contribution in [2.45, 2.75) is 32.2 Å². The summed E-state index contributed by atoms with van der Waals surface area (Å²) >= 11 is 0. The first-order chi connectivity index (χ1) is 6.33. The van der Waals surface area contributed by atoms with Gasteiger partial charge in [0.05, 0.1) is 0 Å². The van der Waals surface area contributed by atoms with Gasteiger partial charge in [0, 0.05) is 25.6 Å². The molecule has 0 heterocycles. The summed E-state index contributed by atoms with van der Waals surface area (Å²) in [5.74, 6) is 0.140. The summed E-state index contributed by atoms with van der Waals surface area (Å²) in [6.07, 6.45) is 7.17. The number of carbonyl (C=O) groups excluding carboxylic acids is 1. The first-order valence-corrected chi connectivity index (χ1v) is 4.98. The lowest BCUT2D eigenvalue weighted by Gasteiger charge is -2.10. The lowest BCUT2D eigenvalue weighted by molar-refractivity contribution is -0.120. The second-order valence-electron chi connectivity index (χ2n) is 3.30. The molecule has 0 saturated carbocycles. The van der Waals surface area contributed by atoms with Crippen molar-refractivity contribution in [3.8, 4) is 0 Å². The highest BCUT2D eigenvalue weighted by Crippen LogP contribution is 2.08. The zero-order chi connectivity index (χ0) is 9.52. The molecule has 1 aliphatic carbocycles. The van der Waals surface area contributed by atoms with Gasteiger partial charge < -0.3 is 10.6 Å². The van der Waals surface area contributed by atoms with Gasteiger partial charge in [-0.15, -0.1) is 0 Å². The Morgan fingerprint density at radius 2 is 2.15 bits per heavy atom. The first kappa shape index (κ1) is 10.3. The van der Waals surface area contributed by atoms with E-state index >= 15 is 0 Å². The molecule has 1 rings (SSSR count). The Hall–Kier alpha value is -0.830. The normalized spacial score (nSPS) is 16.4. The van der Waals surface area contributed by atoms with Crippen LogP contribution in [0.15, 0.2) is 12.2 Å². The molecule has 3 heteroatoms. The lowest BCUT2D eigenvalue weighted by atomic mass is 10.2. The van der Waals surface area contributed by atoms with Gasteiger partial charge in [-0.25, -0.2) is 0 Å². The molecule has 0 aromatic carbocycles. The minimum Gasteiger partial charge on any atom is -0.356 e. The molecule has 2 N–H and O–H groups in total. The number of rotatable bonds is 5. The Morgan fingerprint density at radius 3 is 2.77 bits per heavy atom. The van der Waals surface area contributed by atoms with Crippen molar-refractivity contribution in [2.75, 3.05) is 13.1 Å². The smallest absolute Gasteiger partial charge is 0.221 e. The zero-order valence-corrected chi connectivity index (χ0v) is 8.18. The molecule has 0 aromatic heterocycles. The Kier molecular flexibility index (Phi) is 4.54. The second kappa shape index (κ2) is 5.75. The van der Waals surface area contributed by atoms with Crippen molar-refractivity contribution >= 4 is 5.91 Å². The van der Waals surface area contributed by atoms with E-state index in [0.717, 1.165) is 25.9 Å². The number of hydrogen-bond donors (Lipinski definition) is 2. The van der Waals surface area contributed by atoms with Crippen LogP contribution < -0.4 is 10.6 Å². The highest BCUT2D eigenvalue weighted by molar-refractivity contribution is 5.75. The maximum absolute atomic E-state index is 11.1. The van der Waals surface area contributed by atoms with Gasteiger partial charge in [-0.3, -0.25) is 4.79 Å². The molecule has 0 bridgehead atoms. The van der Waals surface area contributed by atoms with Crippen LogP contribution in [0.25, 0.3) is 0 Å². The summed E-state index contributed by atoms with van der Waals surface area (Å²) < 4.78 is 0. The van der Waals surface area contributed by atoms with Crippen LogP contribution in [0.5, 0.6) is 0 Å². The third-order valence-corrected chi connectivity index (χ3v) is 2.17. The van der Waals surface area contributed by atoms with Crippen LogP contribution in [-0.2, 0) is 4.79 Å². The summed E-state index contributed by atoms with van der Waals surface area (Å²) in [6.45, 7) is 3.45. The number of nitrogens with one attached hydrogen (secondary N) is 2. The third kappa shape index (κ3) is 4.08. The van der Waals surface area contributed by atoms with Crippen molar-refractivity contribution in [1.82, 2.24) is 10.6 Å².